The van der Waals surface area contributed by atoms with Crippen molar-refractivity contribution in [3.05, 3.63) is 23.8 Å². The average molecular weight is 507 g/mol. The molecule has 0 saturated carbocycles. The van der Waals surface area contributed by atoms with Crippen LogP contribution in [0.2, 0.25) is 0 Å². The van der Waals surface area contributed by atoms with Gasteiger partial charge in [-0.3, -0.25) is 4.18 Å². The Hall–Kier alpha value is -0.0700. The summed E-state index contributed by atoms with van der Waals surface area (Å²) in [6, 6.07) is 4.52. The summed E-state index contributed by atoms with van der Waals surface area (Å²) in [4.78, 5) is 0.155. The van der Waals surface area contributed by atoms with Gasteiger partial charge in [-0.25, -0.2) is 0 Å². The maximum atomic E-state index is 12.6. The maximum Gasteiger partial charge on any atom is 1.00 e. The second kappa shape index (κ2) is 22.2. The minimum atomic E-state index is -3.77. The van der Waals surface area contributed by atoms with Crippen LogP contribution in [-0.4, -0.2) is 20.1 Å². The van der Waals surface area contributed by atoms with E-state index in [0.29, 0.717) is 12.0 Å². The third kappa shape index (κ3) is 16.6. The molecular formula is C28H51NaO4S. The van der Waals surface area contributed by atoms with Crippen molar-refractivity contribution in [2.24, 2.45) is 0 Å². The van der Waals surface area contributed by atoms with Crippen LogP contribution in [0.25, 0.3) is 0 Å². The number of rotatable bonds is 22. The standard InChI is InChI=1S/C28H50O4S.Na.H/c1-3-5-7-9-11-13-14-16-18-20-24-32-33(30,31)27-22-23-28(29)26(25-27)21-19-17-15-12-10-8-6-4-2;;/h22-23,25,29H,3-21,24H2,1-2H3;;/q;+1;-1. The number of aromatic hydroxyl groups is 1. The topological polar surface area (TPSA) is 63.6 Å². The zero-order chi connectivity index (χ0) is 24.2. The third-order valence-corrected chi connectivity index (χ3v) is 7.68. The summed E-state index contributed by atoms with van der Waals surface area (Å²) in [6.07, 6.45) is 22.4. The van der Waals surface area contributed by atoms with Crippen molar-refractivity contribution in [1.29, 1.82) is 0 Å². The fraction of sp³-hybridized carbons (Fsp3) is 0.786. The van der Waals surface area contributed by atoms with Gasteiger partial charge in [0.25, 0.3) is 10.1 Å². The Bertz CT molecular complexity index is 713. The van der Waals surface area contributed by atoms with Gasteiger partial charge < -0.3 is 6.53 Å². The summed E-state index contributed by atoms with van der Waals surface area (Å²) in [5, 5.41) is 10.1. The molecule has 0 bridgehead atoms. The number of hydrogen-bond donors (Lipinski definition) is 1. The first kappa shape index (κ1) is 33.9. The van der Waals surface area contributed by atoms with E-state index in [2.05, 4.69) is 13.8 Å². The van der Waals surface area contributed by atoms with Crippen molar-refractivity contribution in [3.8, 4) is 5.75 Å². The summed E-state index contributed by atoms with van der Waals surface area (Å²) in [7, 11) is -3.77. The molecule has 0 aromatic heterocycles. The SMILES string of the molecule is CCCCCCCCCCCCOS(=O)(=O)c1ccc(O)c(CCCCCCCCCC)c1.[H-].[Na+]. The summed E-state index contributed by atoms with van der Waals surface area (Å²) in [5.74, 6) is 0.173. The molecule has 0 amide bonds. The molecule has 194 valence electrons. The van der Waals surface area contributed by atoms with Crippen LogP contribution < -0.4 is 29.6 Å². The van der Waals surface area contributed by atoms with Gasteiger partial charge in [0.2, 0.25) is 0 Å². The van der Waals surface area contributed by atoms with Crippen LogP contribution in [-0.2, 0) is 20.7 Å². The van der Waals surface area contributed by atoms with E-state index >= 15 is 0 Å². The van der Waals surface area contributed by atoms with Crippen LogP contribution in [0, 0.1) is 0 Å². The van der Waals surface area contributed by atoms with Gasteiger partial charge in [0, 0.05) is 0 Å². The number of phenolic OH excluding ortho intramolecular Hbond substituents is 1. The minimum absolute atomic E-state index is 0. The van der Waals surface area contributed by atoms with E-state index in [9.17, 15) is 13.5 Å². The molecule has 0 aliphatic heterocycles. The zero-order valence-electron chi connectivity index (χ0n) is 23.5. The van der Waals surface area contributed by atoms with Crippen LogP contribution in [0.15, 0.2) is 23.1 Å². The fourth-order valence-electron chi connectivity index (χ4n) is 4.19. The monoisotopic (exact) mass is 506 g/mol. The van der Waals surface area contributed by atoms with Crippen molar-refractivity contribution in [2.75, 3.05) is 6.61 Å². The Morgan fingerprint density at radius 2 is 1.15 bits per heavy atom. The minimum Gasteiger partial charge on any atom is -1.00 e. The molecular weight excluding hydrogens is 455 g/mol. The molecule has 0 unspecified atom stereocenters. The molecule has 6 heteroatoms. The van der Waals surface area contributed by atoms with Crippen molar-refractivity contribution in [1.82, 2.24) is 0 Å². The summed E-state index contributed by atoms with van der Waals surface area (Å²) < 4.78 is 30.4. The molecule has 0 saturated heterocycles. The van der Waals surface area contributed by atoms with E-state index in [1.54, 1.807) is 6.07 Å². The van der Waals surface area contributed by atoms with Crippen molar-refractivity contribution >= 4 is 10.1 Å². The molecule has 1 aromatic carbocycles. The molecule has 4 nitrogen and oxygen atoms in total. The predicted molar refractivity (Wildman–Crippen MR) is 141 cm³/mol. The van der Waals surface area contributed by atoms with Crippen LogP contribution in [0.1, 0.15) is 136 Å². The van der Waals surface area contributed by atoms with Crippen molar-refractivity contribution in [2.45, 2.75) is 141 Å². The molecule has 0 spiro atoms. The van der Waals surface area contributed by atoms with E-state index in [4.69, 9.17) is 4.18 Å². The van der Waals surface area contributed by atoms with Crippen molar-refractivity contribution in [3.63, 3.8) is 0 Å². The molecule has 0 aliphatic carbocycles. The van der Waals surface area contributed by atoms with Gasteiger partial charge in [0.1, 0.15) is 5.75 Å². The Balaban J connectivity index is 0. The summed E-state index contributed by atoms with van der Waals surface area (Å²) >= 11 is 0. The Labute approximate surface area is 234 Å². The van der Waals surface area contributed by atoms with Gasteiger partial charge in [0.05, 0.1) is 11.5 Å². The quantitative estimate of drug-likeness (QED) is 0.122. The second-order valence-electron chi connectivity index (χ2n) is 9.47. The van der Waals surface area contributed by atoms with Gasteiger partial charge in [-0.15, -0.1) is 0 Å². The molecule has 1 aromatic rings. The van der Waals surface area contributed by atoms with Gasteiger partial charge in [-0.2, -0.15) is 8.42 Å². The van der Waals surface area contributed by atoms with E-state index in [1.165, 1.54) is 95.6 Å². The first-order valence-electron chi connectivity index (χ1n) is 13.7. The maximum absolute atomic E-state index is 12.6. The van der Waals surface area contributed by atoms with E-state index in [-0.39, 0.29) is 48.2 Å². The first-order chi connectivity index (χ1) is 16.0. The van der Waals surface area contributed by atoms with Gasteiger partial charge in [-0.1, -0.05) is 117 Å². The zero-order valence-corrected chi connectivity index (χ0v) is 25.3. The summed E-state index contributed by atoms with van der Waals surface area (Å²) in [6.45, 7) is 4.69. The van der Waals surface area contributed by atoms with Crippen LogP contribution in [0.3, 0.4) is 0 Å². The smallest absolute Gasteiger partial charge is 1.00 e. The average Bonchev–Trinajstić information content (AvgIpc) is 2.80. The largest absolute Gasteiger partial charge is 1.00 e. The number of unbranched alkanes of at least 4 members (excludes halogenated alkanes) is 16. The fourth-order valence-corrected chi connectivity index (χ4v) is 5.19. The number of phenols is 1. The molecule has 0 heterocycles. The number of benzene rings is 1. The number of aryl methyl sites for hydroxylation is 1. The van der Waals surface area contributed by atoms with E-state index < -0.39 is 10.1 Å². The van der Waals surface area contributed by atoms with E-state index in [1.807, 2.05) is 0 Å². The van der Waals surface area contributed by atoms with Crippen LogP contribution in [0.5, 0.6) is 5.75 Å². The molecule has 34 heavy (non-hydrogen) atoms. The normalized spacial score (nSPS) is 11.5. The third-order valence-electron chi connectivity index (χ3n) is 6.38. The molecule has 0 radical (unpaired) electrons. The number of hydrogen-bond acceptors (Lipinski definition) is 4. The van der Waals surface area contributed by atoms with Gasteiger partial charge in [0.15, 0.2) is 0 Å². The van der Waals surface area contributed by atoms with E-state index in [0.717, 1.165) is 32.1 Å². The first-order valence-corrected chi connectivity index (χ1v) is 15.1. The van der Waals surface area contributed by atoms with Crippen LogP contribution in [0.4, 0.5) is 0 Å². The molecule has 0 atom stereocenters. The molecule has 1 rings (SSSR count). The molecule has 0 fully saturated rings. The Morgan fingerprint density at radius 1 is 0.706 bits per heavy atom. The molecule has 0 aliphatic rings. The summed E-state index contributed by atoms with van der Waals surface area (Å²) in [5.41, 5.74) is 0.699. The Morgan fingerprint density at radius 3 is 1.65 bits per heavy atom. The second-order valence-corrected chi connectivity index (χ2v) is 11.1. The van der Waals surface area contributed by atoms with Crippen molar-refractivity contribution < 1.29 is 48.7 Å². The molecule has 1 N–H and O–H groups in total. The van der Waals surface area contributed by atoms with Crippen LogP contribution >= 0.6 is 0 Å². The predicted octanol–water partition coefficient (Wildman–Crippen LogP) is 5.82. The Kier molecular flexibility index (Phi) is 22.1. The van der Waals surface area contributed by atoms with Gasteiger partial charge >= 0.3 is 29.6 Å². The van der Waals surface area contributed by atoms with Gasteiger partial charge in [-0.05, 0) is 43.0 Å².